The van der Waals surface area contributed by atoms with E-state index in [1.165, 1.54) is 23.0 Å². The molecule has 3 rings (SSSR count). The summed E-state index contributed by atoms with van der Waals surface area (Å²) in [5.41, 5.74) is 3.59. The Morgan fingerprint density at radius 1 is 1.38 bits per heavy atom. The largest absolute Gasteiger partial charge is 0.370 e. The second-order valence-electron chi connectivity index (χ2n) is 6.49. The molecule has 0 saturated carbocycles. The Morgan fingerprint density at radius 2 is 2.21 bits per heavy atom. The van der Waals surface area contributed by atoms with Crippen LogP contribution in [0, 0.1) is 13.8 Å². The van der Waals surface area contributed by atoms with Crippen LogP contribution in [0.25, 0.3) is 0 Å². The fraction of sp³-hybridized carbons (Fsp3) is 0.500. The van der Waals surface area contributed by atoms with Gasteiger partial charge in [-0.2, -0.15) is 5.10 Å². The van der Waals surface area contributed by atoms with Crippen molar-refractivity contribution in [2.45, 2.75) is 45.9 Å². The Labute approximate surface area is 142 Å². The van der Waals surface area contributed by atoms with Crippen LogP contribution in [0.15, 0.2) is 30.9 Å². The number of nitrogens with zero attached hydrogens (tertiary/aromatic N) is 4. The first kappa shape index (κ1) is 16.6. The second kappa shape index (κ2) is 7.13. The number of hydrogen-bond acceptors (Lipinski definition) is 4. The van der Waals surface area contributed by atoms with Gasteiger partial charge in [-0.05, 0) is 31.9 Å². The first-order valence-corrected chi connectivity index (χ1v) is 8.35. The van der Waals surface area contributed by atoms with E-state index < -0.39 is 0 Å². The maximum Gasteiger partial charge on any atom is 0.224 e. The SMILES string of the molecule is Cc1ccc(C)c([C@H]2CN(C(=O)CCn3cncn3)[C@H](C)CO2)c1. The number of benzene rings is 1. The van der Waals surface area contributed by atoms with Gasteiger partial charge in [0.2, 0.25) is 5.91 Å². The number of aryl methyl sites for hydroxylation is 3. The highest BCUT2D eigenvalue weighted by atomic mass is 16.5. The lowest BCUT2D eigenvalue weighted by molar-refractivity contribution is -0.144. The predicted octanol–water partition coefficient (Wildman–Crippen LogP) is 2.27. The summed E-state index contributed by atoms with van der Waals surface area (Å²) >= 11 is 0. The predicted molar refractivity (Wildman–Crippen MR) is 90.4 cm³/mol. The molecule has 0 radical (unpaired) electrons. The summed E-state index contributed by atoms with van der Waals surface area (Å²) in [7, 11) is 0. The molecule has 6 nitrogen and oxygen atoms in total. The fourth-order valence-corrected chi connectivity index (χ4v) is 3.10. The van der Waals surface area contributed by atoms with E-state index in [0.29, 0.717) is 26.1 Å². The zero-order valence-corrected chi connectivity index (χ0v) is 14.5. The van der Waals surface area contributed by atoms with Crippen molar-refractivity contribution >= 4 is 5.91 Å². The van der Waals surface area contributed by atoms with E-state index in [-0.39, 0.29) is 18.1 Å². The van der Waals surface area contributed by atoms with Gasteiger partial charge in [-0.1, -0.05) is 23.8 Å². The normalized spacial score (nSPS) is 21.0. The van der Waals surface area contributed by atoms with Crippen LogP contribution in [0.4, 0.5) is 0 Å². The number of hydrogen-bond donors (Lipinski definition) is 0. The molecule has 1 aromatic heterocycles. The maximum atomic E-state index is 12.6. The van der Waals surface area contributed by atoms with Crippen molar-refractivity contribution in [3.05, 3.63) is 47.5 Å². The van der Waals surface area contributed by atoms with E-state index in [4.69, 9.17) is 4.74 Å². The molecule has 2 aromatic rings. The Hall–Kier alpha value is -2.21. The van der Waals surface area contributed by atoms with Gasteiger partial charge in [0.1, 0.15) is 18.8 Å². The molecular weight excluding hydrogens is 304 g/mol. The third kappa shape index (κ3) is 3.64. The fourth-order valence-electron chi connectivity index (χ4n) is 3.10. The van der Waals surface area contributed by atoms with Gasteiger partial charge in [0.15, 0.2) is 0 Å². The first-order chi connectivity index (χ1) is 11.5. The molecule has 0 aliphatic carbocycles. The van der Waals surface area contributed by atoms with Gasteiger partial charge in [0, 0.05) is 6.42 Å². The topological polar surface area (TPSA) is 60.2 Å². The lowest BCUT2D eigenvalue weighted by Gasteiger charge is -2.38. The van der Waals surface area contributed by atoms with E-state index in [9.17, 15) is 4.79 Å². The first-order valence-electron chi connectivity index (χ1n) is 8.35. The number of amides is 1. The van der Waals surface area contributed by atoms with Gasteiger partial charge < -0.3 is 9.64 Å². The lowest BCUT2D eigenvalue weighted by Crippen LogP contribution is -2.48. The van der Waals surface area contributed by atoms with Crippen molar-refractivity contribution in [3.8, 4) is 0 Å². The van der Waals surface area contributed by atoms with Gasteiger partial charge >= 0.3 is 0 Å². The molecule has 0 unspecified atom stereocenters. The molecule has 24 heavy (non-hydrogen) atoms. The summed E-state index contributed by atoms with van der Waals surface area (Å²) in [6.45, 7) is 7.92. The highest BCUT2D eigenvalue weighted by molar-refractivity contribution is 5.76. The molecule has 0 spiro atoms. The molecular formula is C18H24N4O2. The van der Waals surface area contributed by atoms with Crippen LogP contribution < -0.4 is 0 Å². The molecule has 1 fully saturated rings. The minimum atomic E-state index is -0.0589. The van der Waals surface area contributed by atoms with E-state index in [2.05, 4.69) is 42.1 Å². The average Bonchev–Trinajstić information content (AvgIpc) is 3.09. The quantitative estimate of drug-likeness (QED) is 0.864. The summed E-state index contributed by atoms with van der Waals surface area (Å²) in [5, 5.41) is 4.05. The van der Waals surface area contributed by atoms with Crippen molar-refractivity contribution in [1.29, 1.82) is 0 Å². The van der Waals surface area contributed by atoms with Gasteiger partial charge in [0.05, 0.1) is 25.7 Å². The monoisotopic (exact) mass is 328 g/mol. The zero-order chi connectivity index (χ0) is 17.1. The van der Waals surface area contributed by atoms with Crippen LogP contribution in [0.2, 0.25) is 0 Å². The highest BCUT2D eigenvalue weighted by Crippen LogP contribution is 2.28. The number of ether oxygens (including phenoxy) is 1. The standard InChI is InChI=1S/C18H24N4O2/c1-13-4-5-14(2)16(8-13)17-9-22(15(3)10-24-17)18(23)6-7-21-12-19-11-20-21/h4-5,8,11-12,15,17H,6-7,9-10H2,1-3H3/t15-,17-/m1/s1. The molecule has 6 heteroatoms. The number of aromatic nitrogens is 3. The molecule has 1 aliphatic rings. The van der Waals surface area contributed by atoms with Crippen molar-refractivity contribution in [3.63, 3.8) is 0 Å². The number of carbonyl (C=O) groups is 1. The third-order valence-electron chi connectivity index (χ3n) is 4.56. The number of morpholine rings is 1. The summed E-state index contributed by atoms with van der Waals surface area (Å²) in [5.74, 6) is 0.136. The van der Waals surface area contributed by atoms with Crippen molar-refractivity contribution in [2.75, 3.05) is 13.2 Å². The molecule has 2 atom stereocenters. The lowest BCUT2D eigenvalue weighted by atomic mass is 9.98. The summed E-state index contributed by atoms with van der Waals surface area (Å²) in [6.07, 6.45) is 3.48. The Kier molecular flexibility index (Phi) is 4.94. The molecule has 1 aliphatic heterocycles. The van der Waals surface area contributed by atoms with Crippen LogP contribution in [0.1, 0.15) is 36.1 Å². The van der Waals surface area contributed by atoms with E-state index in [1.807, 2.05) is 11.8 Å². The molecule has 0 bridgehead atoms. The number of carbonyl (C=O) groups excluding carboxylic acids is 1. The van der Waals surface area contributed by atoms with Gasteiger partial charge in [-0.3, -0.25) is 9.48 Å². The van der Waals surface area contributed by atoms with Gasteiger partial charge in [0.25, 0.3) is 0 Å². The van der Waals surface area contributed by atoms with Crippen LogP contribution in [0.3, 0.4) is 0 Å². The van der Waals surface area contributed by atoms with E-state index in [1.54, 1.807) is 11.0 Å². The molecule has 2 heterocycles. The Bertz CT molecular complexity index is 699. The van der Waals surface area contributed by atoms with Crippen LogP contribution in [-0.4, -0.2) is 44.8 Å². The summed E-state index contributed by atoms with van der Waals surface area (Å²) in [4.78, 5) is 18.5. The summed E-state index contributed by atoms with van der Waals surface area (Å²) < 4.78 is 7.71. The minimum Gasteiger partial charge on any atom is -0.370 e. The molecule has 1 aromatic carbocycles. The van der Waals surface area contributed by atoms with Crippen molar-refractivity contribution in [1.82, 2.24) is 19.7 Å². The maximum absolute atomic E-state index is 12.6. The average molecular weight is 328 g/mol. The highest BCUT2D eigenvalue weighted by Gasteiger charge is 2.30. The smallest absolute Gasteiger partial charge is 0.224 e. The van der Waals surface area contributed by atoms with E-state index in [0.717, 1.165) is 0 Å². The molecule has 0 N–H and O–H groups in total. The van der Waals surface area contributed by atoms with Crippen LogP contribution in [0.5, 0.6) is 0 Å². The molecule has 1 amide bonds. The van der Waals surface area contributed by atoms with Crippen molar-refractivity contribution < 1.29 is 9.53 Å². The van der Waals surface area contributed by atoms with Crippen molar-refractivity contribution in [2.24, 2.45) is 0 Å². The Morgan fingerprint density at radius 3 is 2.96 bits per heavy atom. The van der Waals surface area contributed by atoms with Gasteiger partial charge in [-0.25, -0.2) is 4.98 Å². The van der Waals surface area contributed by atoms with Crippen LogP contribution in [-0.2, 0) is 16.1 Å². The number of rotatable bonds is 4. The summed E-state index contributed by atoms with van der Waals surface area (Å²) in [6, 6.07) is 6.47. The molecule has 128 valence electrons. The minimum absolute atomic E-state index is 0.0589. The van der Waals surface area contributed by atoms with Crippen LogP contribution >= 0.6 is 0 Å². The second-order valence-corrected chi connectivity index (χ2v) is 6.49. The van der Waals surface area contributed by atoms with Gasteiger partial charge in [-0.15, -0.1) is 0 Å². The molecule has 1 saturated heterocycles. The Balaban J connectivity index is 1.68. The van der Waals surface area contributed by atoms with E-state index >= 15 is 0 Å². The third-order valence-corrected chi connectivity index (χ3v) is 4.56. The zero-order valence-electron chi connectivity index (χ0n) is 14.5.